The monoisotopic (exact) mass is 269 g/mol. The molecule has 1 rings (SSSR count). The van der Waals surface area contributed by atoms with E-state index in [9.17, 15) is 4.79 Å². The third kappa shape index (κ3) is 5.42. The topological polar surface area (TPSA) is 58.6 Å². The van der Waals surface area contributed by atoms with Crippen molar-refractivity contribution in [2.75, 3.05) is 31.8 Å². The minimum atomic E-state index is -0.0691. The van der Waals surface area contributed by atoms with Gasteiger partial charge in [0.1, 0.15) is 5.75 Å². The summed E-state index contributed by atoms with van der Waals surface area (Å²) in [6.07, 6.45) is 0.803. The number of thioether (sulfide) groups is 1. The van der Waals surface area contributed by atoms with Gasteiger partial charge in [-0.15, -0.1) is 0 Å². The Morgan fingerprint density at radius 1 is 1.33 bits per heavy atom. The lowest BCUT2D eigenvalue weighted by atomic mass is 10.2. The van der Waals surface area contributed by atoms with Gasteiger partial charge in [0.15, 0.2) is 0 Å². The lowest BCUT2D eigenvalue weighted by molar-refractivity contribution is 0.0956. The molecule has 0 aromatic heterocycles. The Balaban J connectivity index is 2.23. The molecule has 100 valence electrons. The van der Waals surface area contributed by atoms with Gasteiger partial charge in [-0.05, 0) is 36.4 Å². The van der Waals surface area contributed by atoms with E-state index >= 15 is 0 Å². The first kappa shape index (κ1) is 14.9. The maximum atomic E-state index is 11.7. The largest absolute Gasteiger partial charge is 0.497 e. The average Bonchev–Trinajstić information content (AvgIpc) is 2.42. The van der Waals surface area contributed by atoms with E-state index in [0.717, 1.165) is 23.7 Å². The van der Waals surface area contributed by atoms with Crippen molar-refractivity contribution < 1.29 is 14.6 Å². The first-order valence-corrected chi connectivity index (χ1v) is 7.04. The van der Waals surface area contributed by atoms with Crippen molar-refractivity contribution >= 4 is 17.7 Å². The Morgan fingerprint density at radius 2 is 2.06 bits per heavy atom. The predicted molar refractivity (Wildman–Crippen MR) is 74.4 cm³/mol. The molecule has 0 saturated carbocycles. The fraction of sp³-hybridized carbons (Fsp3) is 0.462. The number of carbonyl (C=O) groups is 1. The van der Waals surface area contributed by atoms with Gasteiger partial charge in [0, 0.05) is 24.5 Å². The van der Waals surface area contributed by atoms with E-state index in [1.54, 1.807) is 43.1 Å². The maximum absolute atomic E-state index is 11.7. The third-order valence-electron chi connectivity index (χ3n) is 2.33. The highest BCUT2D eigenvalue weighted by Crippen LogP contribution is 2.11. The Hall–Kier alpha value is -1.20. The number of aliphatic hydroxyl groups is 1. The lowest BCUT2D eigenvalue weighted by Gasteiger charge is -2.06. The molecule has 1 aromatic carbocycles. The average molecular weight is 269 g/mol. The first-order chi connectivity index (χ1) is 8.77. The number of rotatable bonds is 8. The molecule has 4 nitrogen and oxygen atoms in total. The number of methoxy groups -OCH3 is 1. The van der Waals surface area contributed by atoms with E-state index in [1.807, 2.05) is 0 Å². The Morgan fingerprint density at radius 3 is 2.67 bits per heavy atom. The number of hydrogen-bond acceptors (Lipinski definition) is 4. The van der Waals surface area contributed by atoms with Gasteiger partial charge in [0.25, 0.3) is 5.91 Å². The van der Waals surface area contributed by atoms with Gasteiger partial charge in [-0.25, -0.2) is 0 Å². The van der Waals surface area contributed by atoms with Crippen LogP contribution in [0.5, 0.6) is 5.75 Å². The van der Waals surface area contributed by atoms with Gasteiger partial charge in [0.2, 0.25) is 0 Å². The van der Waals surface area contributed by atoms with Crippen LogP contribution in [0, 0.1) is 0 Å². The molecule has 0 radical (unpaired) electrons. The molecule has 0 unspecified atom stereocenters. The molecule has 0 atom stereocenters. The number of aliphatic hydroxyl groups excluding tert-OH is 1. The number of nitrogens with one attached hydrogen (secondary N) is 1. The van der Waals surface area contributed by atoms with Crippen molar-refractivity contribution in [1.82, 2.24) is 5.32 Å². The zero-order valence-electron chi connectivity index (χ0n) is 10.5. The van der Waals surface area contributed by atoms with E-state index < -0.39 is 0 Å². The van der Waals surface area contributed by atoms with Crippen LogP contribution in [0.2, 0.25) is 0 Å². The van der Waals surface area contributed by atoms with Crippen molar-refractivity contribution in [3.8, 4) is 5.75 Å². The predicted octanol–water partition coefficient (Wildman–Crippen LogP) is 1.54. The van der Waals surface area contributed by atoms with Crippen LogP contribution in [0.4, 0.5) is 0 Å². The van der Waals surface area contributed by atoms with Crippen molar-refractivity contribution in [3.63, 3.8) is 0 Å². The molecular formula is C13H19NO3S. The van der Waals surface area contributed by atoms with Gasteiger partial charge in [0.05, 0.1) is 7.11 Å². The molecule has 0 bridgehead atoms. The third-order valence-corrected chi connectivity index (χ3v) is 3.40. The summed E-state index contributed by atoms with van der Waals surface area (Å²) in [5, 5.41) is 11.5. The highest BCUT2D eigenvalue weighted by Gasteiger charge is 2.04. The molecular weight excluding hydrogens is 250 g/mol. The van der Waals surface area contributed by atoms with Crippen molar-refractivity contribution in [3.05, 3.63) is 29.8 Å². The summed E-state index contributed by atoms with van der Waals surface area (Å²) < 4.78 is 5.03. The molecule has 0 fully saturated rings. The SMILES string of the molecule is COc1ccc(C(=O)NCCSCCCO)cc1. The van der Waals surface area contributed by atoms with Crippen molar-refractivity contribution in [2.45, 2.75) is 6.42 Å². The van der Waals surface area contributed by atoms with Crippen molar-refractivity contribution in [1.29, 1.82) is 0 Å². The van der Waals surface area contributed by atoms with E-state index in [0.29, 0.717) is 12.1 Å². The molecule has 1 aromatic rings. The maximum Gasteiger partial charge on any atom is 0.251 e. The summed E-state index contributed by atoms with van der Waals surface area (Å²) >= 11 is 1.73. The van der Waals surface area contributed by atoms with Crippen LogP contribution in [-0.2, 0) is 0 Å². The smallest absolute Gasteiger partial charge is 0.251 e. The number of amides is 1. The molecule has 18 heavy (non-hydrogen) atoms. The summed E-state index contributed by atoms with van der Waals surface area (Å²) in [6.45, 7) is 0.867. The molecule has 0 heterocycles. The minimum Gasteiger partial charge on any atom is -0.497 e. The van der Waals surface area contributed by atoms with Crippen LogP contribution in [0.15, 0.2) is 24.3 Å². The molecule has 0 aliphatic rings. The normalized spacial score (nSPS) is 10.1. The highest BCUT2D eigenvalue weighted by molar-refractivity contribution is 7.99. The van der Waals surface area contributed by atoms with Gasteiger partial charge in [-0.3, -0.25) is 4.79 Å². The lowest BCUT2D eigenvalue weighted by Crippen LogP contribution is -2.25. The first-order valence-electron chi connectivity index (χ1n) is 5.88. The van der Waals surface area contributed by atoms with Gasteiger partial charge < -0.3 is 15.2 Å². The summed E-state index contributed by atoms with van der Waals surface area (Å²) in [6, 6.07) is 7.02. The molecule has 0 saturated heterocycles. The van der Waals surface area contributed by atoms with Crippen LogP contribution in [0.25, 0.3) is 0 Å². The summed E-state index contributed by atoms with van der Waals surface area (Å²) in [5.74, 6) is 2.46. The number of hydrogen-bond donors (Lipinski definition) is 2. The second-order valence-electron chi connectivity index (χ2n) is 3.67. The molecule has 5 heteroatoms. The van der Waals surface area contributed by atoms with Crippen LogP contribution < -0.4 is 10.1 Å². The highest BCUT2D eigenvalue weighted by atomic mass is 32.2. The fourth-order valence-electron chi connectivity index (χ4n) is 1.35. The Bertz CT molecular complexity index is 354. The van der Waals surface area contributed by atoms with Gasteiger partial charge in [-0.2, -0.15) is 11.8 Å². The van der Waals surface area contributed by atoms with E-state index in [1.165, 1.54) is 0 Å². The van der Waals surface area contributed by atoms with E-state index in [4.69, 9.17) is 9.84 Å². The van der Waals surface area contributed by atoms with E-state index in [-0.39, 0.29) is 12.5 Å². The fourth-order valence-corrected chi connectivity index (χ4v) is 2.13. The minimum absolute atomic E-state index is 0.0691. The van der Waals surface area contributed by atoms with Crippen LogP contribution in [0.3, 0.4) is 0 Å². The molecule has 0 aliphatic carbocycles. The summed E-state index contributed by atoms with van der Waals surface area (Å²) in [5.41, 5.74) is 0.635. The van der Waals surface area contributed by atoms with Gasteiger partial charge >= 0.3 is 0 Å². The quantitative estimate of drug-likeness (QED) is 0.703. The summed E-state index contributed by atoms with van der Waals surface area (Å²) in [7, 11) is 1.60. The zero-order valence-corrected chi connectivity index (χ0v) is 11.3. The van der Waals surface area contributed by atoms with Gasteiger partial charge in [-0.1, -0.05) is 0 Å². The second-order valence-corrected chi connectivity index (χ2v) is 4.90. The van der Waals surface area contributed by atoms with Crippen LogP contribution in [-0.4, -0.2) is 42.8 Å². The Kier molecular flexibility index (Phi) is 7.29. The molecule has 1 amide bonds. The second kappa shape index (κ2) is 8.83. The zero-order chi connectivity index (χ0) is 13.2. The molecule has 0 aliphatic heterocycles. The summed E-state index contributed by atoms with van der Waals surface area (Å²) in [4.78, 5) is 11.7. The number of benzene rings is 1. The molecule has 2 N–H and O–H groups in total. The number of ether oxygens (including phenoxy) is 1. The van der Waals surface area contributed by atoms with E-state index in [2.05, 4.69) is 5.32 Å². The molecule has 0 spiro atoms. The van der Waals surface area contributed by atoms with Crippen LogP contribution in [0.1, 0.15) is 16.8 Å². The number of carbonyl (C=O) groups excluding carboxylic acids is 1. The van der Waals surface area contributed by atoms with Crippen molar-refractivity contribution in [2.24, 2.45) is 0 Å². The van der Waals surface area contributed by atoms with Crippen LogP contribution >= 0.6 is 11.8 Å². The standard InChI is InChI=1S/C13H19NO3S/c1-17-12-5-3-11(4-6-12)13(16)14-7-10-18-9-2-8-15/h3-6,15H,2,7-10H2,1H3,(H,14,16). The Labute approximate surface area is 112 Å².